The lowest BCUT2D eigenvalue weighted by molar-refractivity contribution is 0.0519. The molecule has 0 aliphatic heterocycles. The average Bonchev–Trinajstić information content (AvgIpc) is 2.54. The number of rotatable bonds is 7. The summed E-state index contributed by atoms with van der Waals surface area (Å²) in [5.41, 5.74) is 7.52. The third kappa shape index (κ3) is 4.68. The van der Waals surface area contributed by atoms with Crippen molar-refractivity contribution in [2.45, 2.75) is 33.8 Å². The normalized spacial score (nSPS) is 10.7. The van der Waals surface area contributed by atoms with E-state index in [1.807, 2.05) is 30.3 Å². The summed E-state index contributed by atoms with van der Waals surface area (Å²) in [4.78, 5) is 20.6. The van der Waals surface area contributed by atoms with E-state index < -0.39 is 5.97 Å². The second-order valence-electron chi connectivity index (χ2n) is 5.80. The number of nitrogens with two attached hydrogens (primary N) is 1. The minimum Gasteiger partial charge on any atom is -0.471 e. The fraction of sp³-hybridized carbons (Fsp3) is 0.389. The maximum atomic E-state index is 12.0. The number of hydrogen-bond acceptors (Lipinski definition) is 6. The van der Waals surface area contributed by atoms with E-state index in [2.05, 4.69) is 23.8 Å². The summed E-state index contributed by atoms with van der Waals surface area (Å²) >= 11 is 0. The standard InChI is InChI=1S/C18H23N3O3/c1-4-23-18(22)15-16(19)20-14(10-12(2)3)17(21-15)24-11-13-8-6-5-7-9-13/h5-9,12H,4,10-11H2,1-3H3,(H2,19,20). The minimum atomic E-state index is -0.594. The van der Waals surface area contributed by atoms with Crippen LogP contribution in [0.1, 0.15) is 42.5 Å². The van der Waals surface area contributed by atoms with Gasteiger partial charge >= 0.3 is 5.97 Å². The van der Waals surface area contributed by atoms with Crippen LogP contribution in [0.15, 0.2) is 30.3 Å². The number of hydrogen-bond donors (Lipinski definition) is 1. The molecular formula is C18H23N3O3. The largest absolute Gasteiger partial charge is 0.471 e. The molecule has 1 aromatic heterocycles. The van der Waals surface area contributed by atoms with E-state index in [1.165, 1.54) is 0 Å². The lowest BCUT2D eigenvalue weighted by Gasteiger charge is -2.14. The van der Waals surface area contributed by atoms with Crippen LogP contribution in [0.25, 0.3) is 0 Å². The van der Waals surface area contributed by atoms with Crippen molar-refractivity contribution in [3.05, 3.63) is 47.3 Å². The van der Waals surface area contributed by atoms with E-state index in [4.69, 9.17) is 15.2 Å². The van der Waals surface area contributed by atoms with Gasteiger partial charge in [-0.3, -0.25) is 0 Å². The van der Waals surface area contributed by atoms with Gasteiger partial charge in [-0.25, -0.2) is 14.8 Å². The Bertz CT molecular complexity index is 687. The lowest BCUT2D eigenvalue weighted by Crippen LogP contribution is -2.16. The number of ether oxygens (including phenoxy) is 2. The van der Waals surface area contributed by atoms with E-state index in [0.717, 1.165) is 5.56 Å². The molecule has 1 heterocycles. The van der Waals surface area contributed by atoms with Gasteiger partial charge in [-0.2, -0.15) is 0 Å². The van der Waals surface area contributed by atoms with Crippen molar-refractivity contribution >= 4 is 11.8 Å². The summed E-state index contributed by atoms with van der Waals surface area (Å²) < 4.78 is 10.8. The van der Waals surface area contributed by atoms with Gasteiger partial charge in [0, 0.05) is 0 Å². The van der Waals surface area contributed by atoms with E-state index >= 15 is 0 Å². The monoisotopic (exact) mass is 329 g/mol. The second kappa shape index (κ2) is 8.29. The fourth-order valence-corrected chi connectivity index (χ4v) is 2.18. The number of anilines is 1. The highest BCUT2D eigenvalue weighted by Crippen LogP contribution is 2.22. The zero-order valence-electron chi connectivity index (χ0n) is 14.3. The van der Waals surface area contributed by atoms with Crippen LogP contribution in [0.5, 0.6) is 5.88 Å². The Morgan fingerprint density at radius 3 is 2.54 bits per heavy atom. The molecule has 0 atom stereocenters. The maximum absolute atomic E-state index is 12.0. The third-order valence-corrected chi connectivity index (χ3v) is 3.25. The van der Waals surface area contributed by atoms with Crippen LogP contribution in [0.2, 0.25) is 0 Å². The predicted octanol–water partition coefficient (Wildman–Crippen LogP) is 3.01. The first-order valence-electron chi connectivity index (χ1n) is 8.01. The van der Waals surface area contributed by atoms with Crippen molar-refractivity contribution in [1.29, 1.82) is 0 Å². The number of esters is 1. The second-order valence-corrected chi connectivity index (χ2v) is 5.80. The molecule has 0 bridgehead atoms. The highest BCUT2D eigenvalue weighted by Gasteiger charge is 2.20. The highest BCUT2D eigenvalue weighted by molar-refractivity contribution is 5.92. The molecule has 6 heteroatoms. The molecule has 0 amide bonds. The van der Waals surface area contributed by atoms with Crippen molar-refractivity contribution in [3.63, 3.8) is 0 Å². The van der Waals surface area contributed by atoms with E-state index in [9.17, 15) is 4.79 Å². The first kappa shape index (κ1) is 17.7. The topological polar surface area (TPSA) is 87.3 Å². The van der Waals surface area contributed by atoms with Gasteiger partial charge in [-0.1, -0.05) is 44.2 Å². The van der Waals surface area contributed by atoms with Crippen molar-refractivity contribution in [2.24, 2.45) is 5.92 Å². The number of benzene rings is 1. The van der Waals surface area contributed by atoms with Gasteiger partial charge < -0.3 is 15.2 Å². The zero-order chi connectivity index (χ0) is 17.5. The molecule has 0 unspecified atom stereocenters. The quantitative estimate of drug-likeness (QED) is 0.786. The summed E-state index contributed by atoms with van der Waals surface area (Å²) in [5.74, 6) is 0.148. The Balaban J connectivity index is 2.30. The van der Waals surface area contributed by atoms with Crippen molar-refractivity contribution < 1.29 is 14.3 Å². The van der Waals surface area contributed by atoms with Crippen LogP contribution >= 0.6 is 0 Å². The van der Waals surface area contributed by atoms with Gasteiger partial charge in [0.25, 0.3) is 0 Å². The van der Waals surface area contributed by atoms with Crippen molar-refractivity contribution in [2.75, 3.05) is 12.3 Å². The van der Waals surface area contributed by atoms with E-state index in [0.29, 0.717) is 30.5 Å². The Hall–Kier alpha value is -2.63. The van der Waals surface area contributed by atoms with E-state index in [1.54, 1.807) is 6.92 Å². The molecule has 0 aliphatic carbocycles. The summed E-state index contributed by atoms with van der Waals surface area (Å²) in [6.07, 6.45) is 0.657. The van der Waals surface area contributed by atoms with Crippen molar-refractivity contribution in [3.8, 4) is 5.88 Å². The molecule has 2 rings (SSSR count). The molecule has 1 aromatic carbocycles. The maximum Gasteiger partial charge on any atom is 0.360 e. The lowest BCUT2D eigenvalue weighted by atomic mass is 10.1. The molecule has 0 fully saturated rings. The Labute approximate surface area is 142 Å². The fourth-order valence-electron chi connectivity index (χ4n) is 2.18. The zero-order valence-corrected chi connectivity index (χ0v) is 14.3. The highest BCUT2D eigenvalue weighted by atomic mass is 16.5. The van der Waals surface area contributed by atoms with E-state index in [-0.39, 0.29) is 18.1 Å². The van der Waals surface area contributed by atoms with Gasteiger partial charge in [0.05, 0.1) is 6.61 Å². The first-order valence-corrected chi connectivity index (χ1v) is 8.01. The molecule has 128 valence electrons. The molecular weight excluding hydrogens is 306 g/mol. The summed E-state index contributed by atoms with van der Waals surface area (Å²) in [5, 5.41) is 0. The average molecular weight is 329 g/mol. The minimum absolute atomic E-state index is 0.00702. The third-order valence-electron chi connectivity index (χ3n) is 3.25. The smallest absolute Gasteiger partial charge is 0.360 e. The molecule has 24 heavy (non-hydrogen) atoms. The Morgan fingerprint density at radius 2 is 1.92 bits per heavy atom. The predicted molar refractivity (Wildman–Crippen MR) is 91.7 cm³/mol. The van der Waals surface area contributed by atoms with Gasteiger partial charge in [-0.05, 0) is 24.8 Å². The molecule has 0 radical (unpaired) electrons. The molecule has 0 spiro atoms. The summed E-state index contributed by atoms with van der Waals surface area (Å²) in [6, 6.07) is 9.73. The van der Waals surface area contributed by atoms with Gasteiger partial charge in [0.15, 0.2) is 11.5 Å². The molecule has 6 nitrogen and oxygen atoms in total. The van der Waals surface area contributed by atoms with Crippen molar-refractivity contribution in [1.82, 2.24) is 9.97 Å². The molecule has 2 aromatic rings. The number of carbonyl (C=O) groups is 1. The number of carbonyl (C=O) groups excluding carboxylic acids is 1. The number of aromatic nitrogens is 2. The SMILES string of the molecule is CCOC(=O)c1nc(OCc2ccccc2)c(CC(C)C)nc1N. The van der Waals surface area contributed by atoms with Crippen LogP contribution in [0.4, 0.5) is 5.82 Å². The molecule has 0 saturated heterocycles. The Morgan fingerprint density at radius 1 is 1.21 bits per heavy atom. The Kier molecular flexibility index (Phi) is 6.12. The van der Waals surface area contributed by atoms with Crippen LogP contribution in [0, 0.1) is 5.92 Å². The van der Waals surface area contributed by atoms with Gasteiger partial charge in [0.1, 0.15) is 12.3 Å². The first-order chi connectivity index (χ1) is 11.5. The van der Waals surface area contributed by atoms with Gasteiger partial charge in [0.2, 0.25) is 5.88 Å². The van der Waals surface area contributed by atoms with Crippen LogP contribution in [-0.4, -0.2) is 22.5 Å². The number of nitrogens with zero attached hydrogens (tertiary/aromatic N) is 2. The summed E-state index contributed by atoms with van der Waals surface area (Å²) in [6.45, 7) is 6.44. The van der Waals surface area contributed by atoms with Crippen LogP contribution < -0.4 is 10.5 Å². The van der Waals surface area contributed by atoms with Crippen LogP contribution in [0.3, 0.4) is 0 Å². The number of nitrogen functional groups attached to an aromatic ring is 1. The van der Waals surface area contributed by atoms with Crippen LogP contribution in [-0.2, 0) is 17.8 Å². The molecule has 2 N–H and O–H groups in total. The molecule has 0 saturated carbocycles. The van der Waals surface area contributed by atoms with Gasteiger partial charge in [-0.15, -0.1) is 0 Å². The summed E-state index contributed by atoms with van der Waals surface area (Å²) in [7, 11) is 0. The molecule has 0 aliphatic rings.